The number of likely N-dealkylation sites (tertiary alicyclic amines) is 1. The van der Waals surface area contributed by atoms with Crippen LogP contribution >= 0.6 is 11.3 Å². The molecule has 10 nitrogen and oxygen atoms in total. The third kappa shape index (κ3) is 5.20. The van der Waals surface area contributed by atoms with Crippen LogP contribution in [0.1, 0.15) is 42.5 Å². The van der Waals surface area contributed by atoms with E-state index in [1.54, 1.807) is 17.6 Å². The summed E-state index contributed by atoms with van der Waals surface area (Å²) in [7, 11) is 0. The number of hydrogen-bond donors (Lipinski definition) is 0. The maximum atomic E-state index is 14.5. The van der Waals surface area contributed by atoms with Gasteiger partial charge in [-0.15, -0.1) is 0 Å². The predicted octanol–water partition coefficient (Wildman–Crippen LogP) is 4.24. The van der Waals surface area contributed by atoms with Crippen molar-refractivity contribution in [2.75, 3.05) is 26.5 Å². The maximum Gasteiger partial charge on any atom is 0.338 e. The van der Waals surface area contributed by atoms with Gasteiger partial charge in [-0.3, -0.25) is 14.2 Å². The molecule has 11 heteroatoms. The number of amides is 1. The van der Waals surface area contributed by atoms with Gasteiger partial charge in [-0.25, -0.2) is 9.79 Å². The van der Waals surface area contributed by atoms with Crippen molar-refractivity contribution in [3.63, 3.8) is 0 Å². The Labute approximate surface area is 279 Å². The lowest BCUT2D eigenvalue weighted by atomic mass is 9.93. The van der Waals surface area contributed by atoms with E-state index < -0.39 is 12.0 Å². The highest BCUT2D eigenvalue weighted by atomic mass is 32.1. The molecule has 242 valence electrons. The summed E-state index contributed by atoms with van der Waals surface area (Å²) in [6.07, 6.45) is 5.85. The molecule has 0 saturated carbocycles. The summed E-state index contributed by atoms with van der Waals surface area (Å²) in [4.78, 5) is 48.7. The van der Waals surface area contributed by atoms with Crippen LogP contribution in [-0.2, 0) is 20.9 Å². The second-order valence-electron chi connectivity index (χ2n) is 11.9. The molecule has 0 aliphatic carbocycles. The highest BCUT2D eigenvalue weighted by Gasteiger charge is 2.36. The summed E-state index contributed by atoms with van der Waals surface area (Å²) < 4.78 is 20.8. The minimum atomic E-state index is -0.841. The van der Waals surface area contributed by atoms with E-state index >= 15 is 0 Å². The first-order chi connectivity index (χ1) is 23.5. The number of carbonyl (C=O) groups excluding carboxylic acids is 2. The van der Waals surface area contributed by atoms with Crippen LogP contribution in [0.2, 0.25) is 0 Å². The van der Waals surface area contributed by atoms with E-state index in [2.05, 4.69) is 0 Å². The minimum Gasteiger partial charge on any atom is -0.463 e. The summed E-state index contributed by atoms with van der Waals surface area (Å²) in [5.41, 5.74) is 3.54. The number of thiazole rings is 1. The van der Waals surface area contributed by atoms with Gasteiger partial charge in [-0.2, -0.15) is 0 Å². The molecule has 0 radical (unpaired) electrons. The number of fused-ring (bicyclic) bond motifs is 3. The normalized spacial score (nSPS) is 17.1. The number of esters is 1. The smallest absolute Gasteiger partial charge is 0.338 e. The van der Waals surface area contributed by atoms with Gasteiger partial charge in [0.15, 0.2) is 16.3 Å². The van der Waals surface area contributed by atoms with Crippen molar-refractivity contribution in [2.24, 2.45) is 4.99 Å². The van der Waals surface area contributed by atoms with E-state index in [0.29, 0.717) is 32.1 Å². The molecule has 0 spiro atoms. The van der Waals surface area contributed by atoms with Crippen LogP contribution in [0.4, 0.5) is 0 Å². The van der Waals surface area contributed by atoms with Crippen molar-refractivity contribution in [2.45, 2.75) is 32.4 Å². The molecule has 3 aliphatic rings. The lowest BCUT2D eigenvalue weighted by molar-refractivity contribution is -0.139. The van der Waals surface area contributed by atoms with Gasteiger partial charge >= 0.3 is 5.97 Å². The standard InChI is InChI=1S/C37H32N4O6S/c1-2-45-36(44)32-33(23-10-4-3-5-11-23)38-37-41(34(32)24-14-15-28-29(18-24)47-22-46-28)35(43)30(48-37)19-25-20-40(27-13-7-6-12-26(25)27)21-31(42)39-16-8-9-17-39/h3-7,10-15,18-20,34H,2,8-9,16-17,21-22H2,1H3/b30-19+/t34-/m0/s1. The molecule has 5 aromatic rings. The summed E-state index contributed by atoms with van der Waals surface area (Å²) in [6.45, 7) is 3.80. The fourth-order valence-electron chi connectivity index (χ4n) is 6.71. The van der Waals surface area contributed by atoms with Crippen molar-refractivity contribution in [1.29, 1.82) is 0 Å². The van der Waals surface area contributed by atoms with E-state index in [9.17, 15) is 14.4 Å². The van der Waals surface area contributed by atoms with Crippen LogP contribution in [0, 0.1) is 0 Å². The summed E-state index contributed by atoms with van der Waals surface area (Å²) >= 11 is 1.26. The molecular weight excluding hydrogens is 628 g/mol. The van der Waals surface area contributed by atoms with Gasteiger partial charge in [0.1, 0.15) is 6.54 Å². The van der Waals surface area contributed by atoms with E-state index in [-0.39, 0.29) is 37.0 Å². The number of benzene rings is 3. The molecule has 0 N–H and O–H groups in total. The molecule has 0 unspecified atom stereocenters. The molecule has 2 aromatic heterocycles. The van der Waals surface area contributed by atoms with Gasteiger partial charge in [-0.05, 0) is 49.6 Å². The van der Waals surface area contributed by atoms with E-state index in [1.807, 2.05) is 88.5 Å². The average molecular weight is 661 g/mol. The van der Waals surface area contributed by atoms with Crippen molar-refractivity contribution in [3.05, 3.63) is 121 Å². The number of ether oxygens (including phenoxy) is 3. The first-order valence-corrected chi connectivity index (χ1v) is 16.9. The number of carbonyl (C=O) groups is 2. The molecule has 8 rings (SSSR count). The van der Waals surface area contributed by atoms with Crippen LogP contribution in [0.15, 0.2) is 94.4 Å². The summed E-state index contributed by atoms with van der Waals surface area (Å²) in [5, 5.41) is 0.932. The molecule has 3 aliphatic heterocycles. The molecule has 5 heterocycles. The average Bonchev–Trinajstić information content (AvgIpc) is 3.92. The van der Waals surface area contributed by atoms with Crippen LogP contribution in [0.25, 0.3) is 22.7 Å². The zero-order valence-electron chi connectivity index (χ0n) is 26.3. The van der Waals surface area contributed by atoms with Gasteiger partial charge in [-0.1, -0.05) is 65.9 Å². The molecule has 3 aromatic carbocycles. The number of aromatic nitrogens is 2. The Morgan fingerprint density at radius 2 is 1.77 bits per heavy atom. The monoisotopic (exact) mass is 660 g/mol. The second-order valence-corrected chi connectivity index (χ2v) is 12.9. The lowest BCUT2D eigenvalue weighted by Crippen LogP contribution is -2.40. The number of hydrogen-bond acceptors (Lipinski definition) is 8. The Bertz CT molecular complexity index is 2300. The Hall–Kier alpha value is -5.42. The first kappa shape index (κ1) is 29.9. The minimum absolute atomic E-state index is 0.0860. The Morgan fingerprint density at radius 1 is 1.00 bits per heavy atom. The third-order valence-corrected chi connectivity index (χ3v) is 9.94. The van der Waals surface area contributed by atoms with Crippen molar-refractivity contribution >= 4 is 45.9 Å². The van der Waals surface area contributed by atoms with Crippen LogP contribution < -0.4 is 24.4 Å². The van der Waals surface area contributed by atoms with E-state index in [4.69, 9.17) is 19.2 Å². The highest BCUT2D eigenvalue weighted by molar-refractivity contribution is 7.07. The number of nitrogens with zero attached hydrogens (tertiary/aromatic N) is 4. The summed E-state index contributed by atoms with van der Waals surface area (Å²) in [5.74, 6) is 0.661. The van der Waals surface area contributed by atoms with Gasteiger partial charge in [0.2, 0.25) is 12.7 Å². The van der Waals surface area contributed by atoms with Crippen LogP contribution in [-0.4, -0.2) is 52.4 Å². The zero-order valence-corrected chi connectivity index (χ0v) is 27.1. The Balaban J connectivity index is 1.32. The highest BCUT2D eigenvalue weighted by Crippen LogP contribution is 2.40. The number of rotatable bonds is 7. The third-order valence-electron chi connectivity index (χ3n) is 8.96. The fraction of sp³-hybridized carbons (Fsp3) is 0.243. The molecule has 1 atom stereocenters. The van der Waals surface area contributed by atoms with E-state index in [0.717, 1.165) is 48.0 Å². The second kappa shape index (κ2) is 12.3. The topological polar surface area (TPSA) is 104 Å². The molecule has 1 saturated heterocycles. The zero-order chi connectivity index (χ0) is 32.8. The predicted molar refractivity (Wildman–Crippen MR) is 181 cm³/mol. The van der Waals surface area contributed by atoms with Crippen LogP contribution in [0.5, 0.6) is 11.5 Å². The van der Waals surface area contributed by atoms with Gasteiger partial charge in [0.05, 0.1) is 28.5 Å². The van der Waals surface area contributed by atoms with Crippen LogP contribution in [0.3, 0.4) is 0 Å². The van der Waals surface area contributed by atoms with Crippen molar-refractivity contribution in [1.82, 2.24) is 14.0 Å². The Morgan fingerprint density at radius 3 is 2.58 bits per heavy atom. The van der Waals surface area contributed by atoms with Gasteiger partial charge in [0, 0.05) is 41.3 Å². The van der Waals surface area contributed by atoms with Crippen molar-refractivity contribution in [3.8, 4) is 11.5 Å². The lowest BCUT2D eigenvalue weighted by Gasteiger charge is -2.26. The SMILES string of the molecule is CCOC(=O)C1=C(c2ccccc2)N=c2s/c(=C/c3cn(CC(=O)N4CCCC4)c4ccccc34)c(=O)n2[C@H]1c1ccc2c(c1)OCO2. The molecule has 48 heavy (non-hydrogen) atoms. The maximum absolute atomic E-state index is 14.5. The molecule has 1 amide bonds. The quantitative estimate of drug-likeness (QED) is 0.242. The van der Waals surface area contributed by atoms with Crippen molar-refractivity contribution < 1.29 is 23.8 Å². The largest absolute Gasteiger partial charge is 0.463 e. The first-order valence-electron chi connectivity index (χ1n) is 16.0. The molecular formula is C37H32N4O6S. The van der Waals surface area contributed by atoms with Gasteiger partial charge in [0.25, 0.3) is 5.56 Å². The van der Waals surface area contributed by atoms with Gasteiger partial charge < -0.3 is 23.7 Å². The Kier molecular flexibility index (Phi) is 7.68. The number of para-hydroxylation sites is 1. The molecule has 0 bridgehead atoms. The molecule has 1 fully saturated rings. The van der Waals surface area contributed by atoms with E-state index in [1.165, 1.54) is 11.3 Å². The fourth-order valence-corrected chi connectivity index (χ4v) is 7.71. The summed E-state index contributed by atoms with van der Waals surface area (Å²) in [6, 6.07) is 21.9.